The van der Waals surface area contributed by atoms with Crippen LogP contribution in [-0.2, 0) is 77.8 Å². The largest absolute Gasteiger partial charge is 0.481 e. The number of carbonyl (C=O) groups excluding carboxylic acids is 8. The molecule has 0 aliphatic carbocycles. The number of hydrogen-bond acceptors (Lipinski definition) is 14. The predicted octanol–water partition coefficient (Wildman–Crippen LogP) is -0.121. The van der Waals surface area contributed by atoms with Crippen molar-refractivity contribution in [3.05, 3.63) is 62.9 Å². The summed E-state index contributed by atoms with van der Waals surface area (Å²) in [5.41, 5.74) is 1.47. The number of carboxylic acids is 1. The summed E-state index contributed by atoms with van der Waals surface area (Å²) < 4.78 is 13.3. The van der Waals surface area contributed by atoms with E-state index in [9.17, 15) is 53.1 Å². The zero-order chi connectivity index (χ0) is 51.4. The van der Waals surface area contributed by atoms with Gasteiger partial charge in [0, 0.05) is 44.2 Å². The van der Waals surface area contributed by atoms with Crippen LogP contribution < -0.4 is 21.5 Å². The molecule has 6 rings (SSSR count). The van der Waals surface area contributed by atoms with Gasteiger partial charge in [-0.25, -0.2) is 14.6 Å². The van der Waals surface area contributed by atoms with Gasteiger partial charge in [-0.2, -0.15) is 0 Å². The molecule has 0 bridgehead atoms. The number of fused-ring (bicyclic) bond motifs is 5. The number of rotatable bonds is 19. The molecule has 70 heavy (non-hydrogen) atoms. The third-order valence-electron chi connectivity index (χ3n) is 13.1. The molecule has 1 aromatic carbocycles. The first-order valence-electron chi connectivity index (χ1n) is 23.2. The van der Waals surface area contributed by atoms with Gasteiger partial charge in [0.2, 0.25) is 41.0 Å². The molecule has 3 aliphatic heterocycles. The fourth-order valence-corrected chi connectivity index (χ4v) is 9.19. The summed E-state index contributed by atoms with van der Waals surface area (Å²) in [6, 6.07) is 5.07. The van der Waals surface area contributed by atoms with E-state index in [2.05, 4.69) is 16.0 Å². The molecule has 3 aliphatic rings. The number of carbonyl (C=O) groups is 9. The van der Waals surface area contributed by atoms with E-state index >= 15 is 0 Å². The van der Waals surface area contributed by atoms with Crippen LogP contribution in [0.2, 0.25) is 0 Å². The summed E-state index contributed by atoms with van der Waals surface area (Å²) in [5, 5.41) is 18.4. The van der Waals surface area contributed by atoms with Crippen LogP contribution in [0, 0.1) is 5.92 Å². The Bertz CT molecular complexity index is 2680. The van der Waals surface area contributed by atoms with Crippen LogP contribution in [0.5, 0.6) is 0 Å². The number of hydrogen-bond donors (Lipinski definition) is 4. The normalized spacial score (nSPS) is 17.6. The third kappa shape index (κ3) is 10.5. The van der Waals surface area contributed by atoms with Crippen molar-refractivity contribution in [1.82, 2.24) is 45.1 Å². The summed E-state index contributed by atoms with van der Waals surface area (Å²) in [5.74, 6) is -8.11. The Morgan fingerprint density at radius 3 is 2.21 bits per heavy atom. The second kappa shape index (κ2) is 21.6. The number of ether oxygens (including phenoxy) is 2. The van der Waals surface area contributed by atoms with Gasteiger partial charge in [0.15, 0.2) is 0 Å². The van der Waals surface area contributed by atoms with E-state index in [1.165, 1.54) is 26.0 Å². The van der Waals surface area contributed by atoms with Crippen molar-refractivity contribution in [2.24, 2.45) is 5.92 Å². The highest BCUT2D eigenvalue weighted by Crippen LogP contribution is 2.42. The minimum atomic E-state index is -2.08. The number of nitrogens with zero attached hydrogens (tertiary/aromatic N) is 6. The van der Waals surface area contributed by atoms with Crippen molar-refractivity contribution >= 4 is 64.3 Å². The lowest BCUT2D eigenvalue weighted by atomic mass is 9.85. The van der Waals surface area contributed by atoms with Crippen molar-refractivity contribution < 1.29 is 57.7 Å². The Hall–Kier alpha value is -7.23. The lowest BCUT2D eigenvalue weighted by Gasteiger charge is -2.37. The average molecular weight is 972 g/mol. The van der Waals surface area contributed by atoms with Gasteiger partial charge in [-0.05, 0) is 56.3 Å². The molecule has 5 heterocycles. The first-order valence-corrected chi connectivity index (χ1v) is 23.2. The molecule has 6 amide bonds. The van der Waals surface area contributed by atoms with E-state index in [0.29, 0.717) is 24.2 Å². The van der Waals surface area contributed by atoms with Gasteiger partial charge in [-0.3, -0.25) is 38.4 Å². The zero-order valence-electron chi connectivity index (χ0n) is 40.7. The second-order valence-corrected chi connectivity index (χ2v) is 18.2. The fourth-order valence-electron chi connectivity index (χ4n) is 9.19. The highest BCUT2D eigenvalue weighted by atomic mass is 16.6. The van der Waals surface area contributed by atoms with Crippen LogP contribution in [0.1, 0.15) is 75.6 Å². The number of benzene rings is 1. The van der Waals surface area contributed by atoms with Crippen molar-refractivity contribution in [3.63, 3.8) is 0 Å². The Morgan fingerprint density at radius 1 is 0.929 bits per heavy atom. The van der Waals surface area contributed by atoms with Gasteiger partial charge >= 0.3 is 17.9 Å². The number of likely N-dealkylation sites (N-methyl/N-ethyl adjacent to an activating group) is 4. The first kappa shape index (κ1) is 52.1. The number of nitrogens with one attached hydrogen (secondary N) is 3. The number of aryl methyl sites for hydroxylation is 1. The van der Waals surface area contributed by atoms with E-state index in [0.717, 1.165) is 36.7 Å². The van der Waals surface area contributed by atoms with Crippen molar-refractivity contribution in [1.29, 1.82) is 0 Å². The molecule has 4 N–H and O–H groups in total. The summed E-state index contributed by atoms with van der Waals surface area (Å²) >= 11 is 0. The average Bonchev–Trinajstić information content (AvgIpc) is 3.96. The monoisotopic (exact) mass is 971 g/mol. The molecule has 22 heteroatoms. The Balaban J connectivity index is 1.15. The Labute approximate surface area is 404 Å². The van der Waals surface area contributed by atoms with Gasteiger partial charge in [-0.1, -0.05) is 45.9 Å². The molecule has 1 fully saturated rings. The maximum atomic E-state index is 14.4. The highest BCUT2D eigenvalue weighted by Gasteiger charge is 2.52. The van der Waals surface area contributed by atoms with E-state index in [4.69, 9.17) is 14.5 Å². The number of cyclic esters (lactones) is 1. The maximum Gasteiger partial charge on any atom is 0.355 e. The minimum absolute atomic E-state index is 0.00313. The lowest BCUT2D eigenvalue weighted by Crippen LogP contribution is -2.58. The molecule has 376 valence electrons. The molecule has 2 aromatic heterocycles. The second-order valence-electron chi connectivity index (χ2n) is 18.2. The molecular formula is C48H61N9O13. The summed E-state index contributed by atoms with van der Waals surface area (Å²) in [7, 11) is 5.64. The topological polar surface area (TPSA) is 276 Å². The number of carboxylic acid groups (broad SMARTS) is 1. The molecule has 0 spiro atoms. The zero-order valence-corrected chi connectivity index (χ0v) is 40.7. The van der Waals surface area contributed by atoms with Crippen molar-refractivity contribution in [2.75, 3.05) is 60.9 Å². The molecule has 3 aromatic rings. The summed E-state index contributed by atoms with van der Waals surface area (Å²) in [6.45, 7) is 5.44. The van der Waals surface area contributed by atoms with Crippen molar-refractivity contribution in [3.8, 4) is 11.4 Å². The number of aromatic nitrogens is 2. The standard InChI is InChI=1S/C48H61N9O13/c1-9-27-28-14-11-12-15-32(28)51-42-29(27)21-57-35(42)18-31-30(44(57)65)25-69-47(68)48(31,10-2)70-46(67)41(26(3)4)52-43(64)34-16-13-17-56(34)45(66)33(19-40(62)63)50-36(58)22-53(6)38(60)24-55(8)39(61)23-54(7)37(59)20-49-5/h11-12,14-15,18,26,33-34,41,49H,9-10,13,16-17,19-25H2,1-8H3,(H,50,58)(H,52,64)(H,62,63)/t33-,34-,41-,48?/m0/s1. The van der Waals surface area contributed by atoms with E-state index < -0.39 is 102 Å². The number of aliphatic carboxylic acids is 1. The number of amides is 6. The van der Waals surface area contributed by atoms with Crippen LogP contribution >= 0.6 is 0 Å². The van der Waals surface area contributed by atoms with E-state index in [-0.39, 0.29) is 62.7 Å². The molecule has 0 saturated carbocycles. The highest BCUT2D eigenvalue weighted by molar-refractivity contribution is 5.97. The molecule has 1 unspecified atom stereocenters. The minimum Gasteiger partial charge on any atom is -0.481 e. The van der Waals surface area contributed by atoms with Gasteiger partial charge in [-0.15, -0.1) is 0 Å². The van der Waals surface area contributed by atoms with Gasteiger partial charge in [0.25, 0.3) is 5.56 Å². The first-order chi connectivity index (χ1) is 33.2. The lowest BCUT2D eigenvalue weighted by molar-refractivity contribution is -0.191. The molecular weight excluding hydrogens is 911 g/mol. The van der Waals surface area contributed by atoms with Crippen LogP contribution in [0.4, 0.5) is 0 Å². The summed E-state index contributed by atoms with van der Waals surface area (Å²) in [6.07, 6.45) is 0.103. The predicted molar refractivity (Wildman–Crippen MR) is 250 cm³/mol. The SMILES string of the molecule is CCc1c2c(nc3ccccc13)-c1cc3c(c(=O)n1C2)COC(=O)C3(CC)OC(=O)[C@@H](NC(=O)[C@@H]1CCCN1C(=O)[C@H](CC(=O)O)NC(=O)CN(C)C(=O)CN(C)C(=O)CN(C)C(=O)CNC)C(C)C. The molecule has 0 radical (unpaired) electrons. The van der Waals surface area contributed by atoms with E-state index in [1.807, 2.05) is 31.2 Å². The third-order valence-corrected chi connectivity index (χ3v) is 13.1. The number of likely N-dealkylation sites (tertiary alicyclic amines) is 1. The van der Waals surface area contributed by atoms with Gasteiger partial charge in [0.1, 0.15) is 24.7 Å². The number of pyridine rings is 2. The van der Waals surface area contributed by atoms with Crippen LogP contribution in [0.15, 0.2) is 35.1 Å². The van der Waals surface area contributed by atoms with Crippen LogP contribution in [0.3, 0.4) is 0 Å². The van der Waals surface area contributed by atoms with Gasteiger partial charge in [0.05, 0.1) is 61.6 Å². The van der Waals surface area contributed by atoms with Crippen LogP contribution in [-0.4, -0.2) is 167 Å². The number of esters is 2. The molecule has 22 nitrogen and oxygen atoms in total. The Kier molecular flexibility index (Phi) is 16.1. The quantitative estimate of drug-likeness (QED) is 0.0892. The van der Waals surface area contributed by atoms with Gasteiger partial charge < -0.3 is 54.7 Å². The molecule has 4 atom stereocenters. The Morgan fingerprint density at radius 2 is 1.59 bits per heavy atom. The maximum absolute atomic E-state index is 14.4. The van der Waals surface area contributed by atoms with Crippen molar-refractivity contribution in [2.45, 2.75) is 96.7 Å². The summed E-state index contributed by atoms with van der Waals surface area (Å²) in [4.78, 5) is 143. The van der Waals surface area contributed by atoms with Crippen LogP contribution in [0.25, 0.3) is 22.3 Å². The molecule has 1 saturated heterocycles. The van der Waals surface area contributed by atoms with E-state index in [1.54, 1.807) is 38.5 Å². The number of para-hydroxylation sites is 1. The smallest absolute Gasteiger partial charge is 0.355 e. The fraction of sp³-hybridized carbons (Fsp3) is 0.521.